The predicted octanol–water partition coefficient (Wildman–Crippen LogP) is 3.52. The van der Waals surface area contributed by atoms with Crippen LogP contribution in [0.1, 0.15) is 13.8 Å². The van der Waals surface area contributed by atoms with Gasteiger partial charge in [-0.25, -0.2) is 0 Å². The molecule has 0 heterocycles. The predicted molar refractivity (Wildman–Crippen MR) is 62.8 cm³/mol. The van der Waals surface area contributed by atoms with E-state index in [2.05, 4.69) is 20.8 Å². The number of thioether (sulfide) groups is 1. The standard InChI is InChI=1S/C9H10BrNO3S/c1-6(2)15-9-4-3-7(10)5-8(9)14-11(12)13/h3-6H,1-2H3. The minimum atomic E-state index is -0.799. The molecule has 82 valence electrons. The van der Waals surface area contributed by atoms with Crippen LogP contribution >= 0.6 is 27.7 Å². The normalized spacial score (nSPS) is 10.4. The number of benzene rings is 1. The molecule has 0 radical (unpaired) electrons. The van der Waals surface area contributed by atoms with E-state index in [4.69, 9.17) is 0 Å². The van der Waals surface area contributed by atoms with E-state index in [-0.39, 0.29) is 5.75 Å². The molecule has 1 aromatic carbocycles. The van der Waals surface area contributed by atoms with Crippen molar-refractivity contribution in [3.63, 3.8) is 0 Å². The average molecular weight is 292 g/mol. The molecular formula is C9H10BrNO3S. The van der Waals surface area contributed by atoms with E-state index in [9.17, 15) is 10.1 Å². The van der Waals surface area contributed by atoms with Gasteiger partial charge in [0.2, 0.25) is 0 Å². The maximum absolute atomic E-state index is 10.3. The molecule has 0 aliphatic rings. The highest BCUT2D eigenvalue weighted by molar-refractivity contribution is 9.10. The summed E-state index contributed by atoms with van der Waals surface area (Å²) in [6.45, 7) is 4.03. The summed E-state index contributed by atoms with van der Waals surface area (Å²) in [5.74, 6) is 0.271. The van der Waals surface area contributed by atoms with Crippen molar-refractivity contribution in [3.05, 3.63) is 32.8 Å². The highest BCUT2D eigenvalue weighted by Crippen LogP contribution is 2.34. The molecule has 1 aromatic rings. The Bertz CT molecular complexity index is 370. The zero-order valence-corrected chi connectivity index (χ0v) is 10.7. The van der Waals surface area contributed by atoms with Crippen LogP contribution in [0.5, 0.6) is 5.75 Å². The molecule has 0 unspecified atom stereocenters. The summed E-state index contributed by atoms with van der Waals surface area (Å²) in [5, 5.41) is 9.82. The van der Waals surface area contributed by atoms with Crippen molar-refractivity contribution in [1.29, 1.82) is 0 Å². The first kappa shape index (κ1) is 12.3. The van der Waals surface area contributed by atoms with Crippen molar-refractivity contribution >= 4 is 27.7 Å². The van der Waals surface area contributed by atoms with Gasteiger partial charge in [0.05, 0.1) is 0 Å². The van der Waals surface area contributed by atoms with Gasteiger partial charge in [0.15, 0.2) is 0 Å². The number of hydrogen-bond donors (Lipinski definition) is 0. The van der Waals surface area contributed by atoms with E-state index >= 15 is 0 Å². The molecule has 15 heavy (non-hydrogen) atoms. The van der Waals surface area contributed by atoms with Crippen LogP contribution in [0.2, 0.25) is 0 Å². The molecular weight excluding hydrogens is 282 g/mol. The first-order valence-corrected chi connectivity index (χ1v) is 5.95. The molecule has 0 bridgehead atoms. The van der Waals surface area contributed by atoms with Crippen LogP contribution in [0.4, 0.5) is 0 Å². The third kappa shape index (κ3) is 4.09. The Kier molecular flexibility index (Phi) is 4.41. The lowest BCUT2D eigenvalue weighted by atomic mass is 10.3. The van der Waals surface area contributed by atoms with E-state index in [0.29, 0.717) is 5.25 Å². The molecule has 1 rings (SSSR count). The smallest absolute Gasteiger partial charge is 0.275 e. The Balaban J connectivity index is 2.97. The quantitative estimate of drug-likeness (QED) is 0.484. The summed E-state index contributed by atoms with van der Waals surface area (Å²) in [7, 11) is 0. The van der Waals surface area contributed by atoms with Crippen molar-refractivity contribution in [1.82, 2.24) is 0 Å². The highest BCUT2D eigenvalue weighted by atomic mass is 79.9. The summed E-state index contributed by atoms with van der Waals surface area (Å²) >= 11 is 4.77. The van der Waals surface area contributed by atoms with Crippen molar-refractivity contribution in [2.24, 2.45) is 0 Å². The topological polar surface area (TPSA) is 52.4 Å². The van der Waals surface area contributed by atoms with Gasteiger partial charge in [0.25, 0.3) is 5.09 Å². The van der Waals surface area contributed by atoms with Gasteiger partial charge in [-0.2, -0.15) is 0 Å². The van der Waals surface area contributed by atoms with Crippen LogP contribution < -0.4 is 4.84 Å². The van der Waals surface area contributed by atoms with E-state index in [0.717, 1.165) is 9.37 Å². The molecule has 0 aliphatic heterocycles. The lowest BCUT2D eigenvalue weighted by Crippen LogP contribution is -2.04. The van der Waals surface area contributed by atoms with Gasteiger partial charge in [-0.05, 0) is 18.2 Å². The van der Waals surface area contributed by atoms with Crippen LogP contribution in [0.25, 0.3) is 0 Å². The fourth-order valence-corrected chi connectivity index (χ4v) is 2.19. The molecule has 0 fully saturated rings. The maximum atomic E-state index is 10.3. The molecule has 0 saturated carbocycles. The SMILES string of the molecule is CC(C)Sc1ccc(Br)cc1O[N+](=O)[O-]. The number of halogens is 1. The molecule has 4 nitrogen and oxygen atoms in total. The largest absolute Gasteiger partial charge is 0.299 e. The summed E-state index contributed by atoms with van der Waals surface area (Å²) in [5.41, 5.74) is 0. The monoisotopic (exact) mass is 291 g/mol. The molecule has 0 amide bonds. The van der Waals surface area contributed by atoms with Crippen LogP contribution in [0.15, 0.2) is 27.6 Å². The minimum absolute atomic E-state index is 0.271. The van der Waals surface area contributed by atoms with E-state index in [1.807, 2.05) is 19.9 Å². The second-order valence-electron chi connectivity index (χ2n) is 3.07. The molecule has 0 atom stereocenters. The Hall–Kier alpha value is -0.750. The zero-order valence-electron chi connectivity index (χ0n) is 8.27. The molecule has 0 spiro atoms. The summed E-state index contributed by atoms with van der Waals surface area (Å²) < 4.78 is 0.757. The lowest BCUT2D eigenvalue weighted by molar-refractivity contribution is -0.711. The Morgan fingerprint density at radius 1 is 1.53 bits per heavy atom. The van der Waals surface area contributed by atoms with Gasteiger partial charge < -0.3 is 0 Å². The van der Waals surface area contributed by atoms with Crippen molar-refractivity contribution in [2.45, 2.75) is 24.0 Å². The van der Waals surface area contributed by atoms with Gasteiger partial charge in [0, 0.05) is 14.6 Å². The molecule has 0 aromatic heterocycles. The number of rotatable bonds is 4. The number of nitrogens with zero attached hydrogens (tertiary/aromatic N) is 1. The summed E-state index contributed by atoms with van der Waals surface area (Å²) in [6.07, 6.45) is 0. The van der Waals surface area contributed by atoms with Crippen LogP contribution in [-0.2, 0) is 0 Å². The molecule has 0 saturated heterocycles. The van der Waals surface area contributed by atoms with Crippen molar-refractivity contribution in [2.75, 3.05) is 0 Å². The van der Waals surface area contributed by atoms with Gasteiger partial charge in [-0.1, -0.05) is 29.8 Å². The third-order valence-corrected chi connectivity index (χ3v) is 3.00. The second-order valence-corrected chi connectivity index (χ2v) is 5.61. The van der Waals surface area contributed by atoms with Gasteiger partial charge in [0.1, 0.15) is 5.75 Å². The van der Waals surface area contributed by atoms with E-state index in [1.165, 1.54) is 11.8 Å². The van der Waals surface area contributed by atoms with Gasteiger partial charge >= 0.3 is 0 Å². The van der Waals surface area contributed by atoms with E-state index < -0.39 is 5.09 Å². The first-order valence-electron chi connectivity index (χ1n) is 4.27. The summed E-state index contributed by atoms with van der Waals surface area (Å²) in [4.78, 5) is 15.5. The fraction of sp³-hybridized carbons (Fsp3) is 0.333. The van der Waals surface area contributed by atoms with Gasteiger partial charge in [-0.3, -0.25) is 4.84 Å². The molecule has 0 aliphatic carbocycles. The van der Waals surface area contributed by atoms with Crippen LogP contribution in [0, 0.1) is 10.1 Å². The Morgan fingerprint density at radius 3 is 2.73 bits per heavy atom. The maximum Gasteiger partial charge on any atom is 0.299 e. The Morgan fingerprint density at radius 2 is 2.20 bits per heavy atom. The summed E-state index contributed by atoms with van der Waals surface area (Å²) in [6, 6.07) is 5.22. The minimum Gasteiger partial charge on any atom is -0.275 e. The lowest BCUT2D eigenvalue weighted by Gasteiger charge is -2.09. The van der Waals surface area contributed by atoms with Crippen molar-refractivity contribution < 1.29 is 9.92 Å². The first-order chi connectivity index (χ1) is 6.99. The number of hydrogen-bond acceptors (Lipinski definition) is 4. The second kappa shape index (κ2) is 5.37. The Labute approximate surface area is 100 Å². The third-order valence-electron chi connectivity index (χ3n) is 1.44. The van der Waals surface area contributed by atoms with Crippen LogP contribution in [-0.4, -0.2) is 10.3 Å². The zero-order chi connectivity index (χ0) is 11.4. The van der Waals surface area contributed by atoms with Gasteiger partial charge in [-0.15, -0.1) is 21.9 Å². The average Bonchev–Trinajstić information content (AvgIpc) is 2.08. The molecule has 0 N–H and O–H groups in total. The van der Waals surface area contributed by atoms with Crippen LogP contribution in [0.3, 0.4) is 0 Å². The highest BCUT2D eigenvalue weighted by Gasteiger charge is 2.09. The van der Waals surface area contributed by atoms with Crippen molar-refractivity contribution in [3.8, 4) is 5.75 Å². The molecule has 6 heteroatoms. The fourth-order valence-electron chi connectivity index (χ4n) is 0.985. The van der Waals surface area contributed by atoms with E-state index in [1.54, 1.807) is 12.1 Å².